The first-order valence-electron chi connectivity index (χ1n) is 11.4. The first-order chi connectivity index (χ1) is 17.2. The molecule has 4 rings (SSSR count). The Balaban J connectivity index is 1.17. The van der Waals surface area contributed by atoms with E-state index in [1.165, 1.54) is 30.9 Å². The molecule has 2 fully saturated rings. The molecule has 200 valence electrons. The maximum Gasteiger partial charge on any atom is 0.332 e. The lowest BCUT2D eigenvalue weighted by Gasteiger charge is -2.29. The molecule has 2 saturated heterocycles. The Labute approximate surface area is 211 Å². The van der Waals surface area contributed by atoms with E-state index in [1.54, 1.807) is 0 Å². The number of nitrogens with zero attached hydrogens (tertiary/aromatic N) is 2. The number of hydrogen-bond donors (Lipinski definition) is 5. The van der Waals surface area contributed by atoms with Crippen LogP contribution >= 0.6 is 11.8 Å². The minimum atomic E-state index is -1.25. The van der Waals surface area contributed by atoms with Gasteiger partial charge in [0.2, 0.25) is 0 Å². The number of carbonyl (C=O) groups is 1. The van der Waals surface area contributed by atoms with Crippen LogP contribution in [0.15, 0.2) is 17.3 Å². The third-order valence-electron chi connectivity index (χ3n) is 6.19. The minimum Gasteiger partial charge on any atom is -0.505 e. The van der Waals surface area contributed by atoms with Gasteiger partial charge in [0, 0.05) is 17.7 Å². The maximum atomic E-state index is 11.3. The van der Waals surface area contributed by atoms with Crippen molar-refractivity contribution in [2.45, 2.75) is 43.2 Å². The number of aliphatic imine (C=N–C) groups is 1. The Morgan fingerprint density at radius 2 is 2.03 bits per heavy atom. The summed E-state index contributed by atoms with van der Waals surface area (Å²) in [5.74, 6) is -1.09. The van der Waals surface area contributed by atoms with Crippen molar-refractivity contribution in [3.05, 3.63) is 18.0 Å². The topological polar surface area (TPSA) is 190 Å². The first kappa shape index (κ1) is 27.0. The van der Waals surface area contributed by atoms with E-state index in [0.29, 0.717) is 10.8 Å². The van der Waals surface area contributed by atoms with E-state index in [1.807, 2.05) is 0 Å². The smallest absolute Gasteiger partial charge is 0.332 e. The summed E-state index contributed by atoms with van der Waals surface area (Å²) in [6.07, 6.45) is -3.38. The summed E-state index contributed by atoms with van der Waals surface area (Å²) in [6, 6.07) is 1.37. The van der Waals surface area contributed by atoms with Crippen LogP contribution in [0, 0.1) is 5.92 Å². The average molecular weight is 531 g/mol. The molecule has 0 radical (unpaired) electrons. The summed E-state index contributed by atoms with van der Waals surface area (Å²) in [4.78, 5) is 19.7. The van der Waals surface area contributed by atoms with E-state index in [4.69, 9.17) is 23.7 Å². The van der Waals surface area contributed by atoms with Gasteiger partial charge in [-0.25, -0.2) is 9.78 Å². The van der Waals surface area contributed by atoms with Crippen molar-refractivity contribution in [1.82, 2.24) is 4.98 Å². The second-order valence-corrected chi connectivity index (χ2v) is 9.79. The monoisotopic (exact) mass is 530 g/mol. The zero-order chi connectivity index (χ0) is 25.9. The lowest BCUT2D eigenvalue weighted by molar-refractivity contribution is -0.248. The van der Waals surface area contributed by atoms with E-state index in [-0.39, 0.29) is 56.8 Å². The lowest BCUT2D eigenvalue weighted by Crippen LogP contribution is -2.44. The fraction of sp³-hybridized carbons (Fsp3) is 0.682. The molecule has 5 N–H and O–H groups in total. The molecule has 36 heavy (non-hydrogen) atoms. The number of hydrogen-bond acceptors (Lipinski definition) is 13. The number of aliphatic carboxylic acids is 1. The molecule has 3 aliphatic rings. The van der Waals surface area contributed by atoms with Gasteiger partial charge in [-0.05, 0) is 6.92 Å². The lowest BCUT2D eigenvalue weighted by atomic mass is 9.95. The second kappa shape index (κ2) is 11.6. The number of aliphatic hydroxyl groups excluding tert-OH is 3. The van der Waals surface area contributed by atoms with Crippen LogP contribution in [-0.4, -0.2) is 123 Å². The molecule has 1 aromatic heterocycles. The van der Waals surface area contributed by atoms with Crippen LogP contribution in [0.1, 0.15) is 12.6 Å². The molecular weight excluding hydrogens is 500 g/mol. The number of aromatic nitrogens is 1. The van der Waals surface area contributed by atoms with Gasteiger partial charge in [0.1, 0.15) is 41.1 Å². The predicted molar refractivity (Wildman–Crippen MR) is 124 cm³/mol. The van der Waals surface area contributed by atoms with Gasteiger partial charge in [-0.2, -0.15) is 0 Å². The van der Waals surface area contributed by atoms with E-state index < -0.39 is 48.1 Å². The maximum absolute atomic E-state index is 11.3. The summed E-state index contributed by atoms with van der Waals surface area (Å²) in [5, 5.41) is 50.1. The van der Waals surface area contributed by atoms with Crippen LogP contribution in [0.4, 0.5) is 0 Å². The summed E-state index contributed by atoms with van der Waals surface area (Å²) < 4.78 is 27.6. The van der Waals surface area contributed by atoms with Gasteiger partial charge in [0.15, 0.2) is 11.8 Å². The number of pyridine rings is 1. The second-order valence-electron chi connectivity index (χ2n) is 8.82. The van der Waals surface area contributed by atoms with Gasteiger partial charge in [-0.1, -0.05) is 0 Å². The van der Waals surface area contributed by atoms with E-state index in [2.05, 4.69) is 9.98 Å². The largest absolute Gasteiger partial charge is 0.505 e. The quantitative estimate of drug-likeness (QED) is 0.219. The van der Waals surface area contributed by atoms with Crippen LogP contribution in [-0.2, 0) is 23.7 Å². The van der Waals surface area contributed by atoms with Crippen molar-refractivity contribution < 1.29 is 54.0 Å². The van der Waals surface area contributed by atoms with Crippen molar-refractivity contribution in [2.75, 3.05) is 45.4 Å². The fourth-order valence-electron chi connectivity index (χ4n) is 4.07. The Bertz CT molecular complexity index is 966. The molecular formula is C22H30N2O11S. The van der Waals surface area contributed by atoms with Gasteiger partial charge < -0.3 is 49.2 Å². The Hall–Kier alpha value is -2.04. The zero-order valence-corrected chi connectivity index (χ0v) is 20.4. The summed E-state index contributed by atoms with van der Waals surface area (Å²) in [5.41, 5.74) is -1.05. The number of fused-ring (bicyclic) bond motifs is 2. The summed E-state index contributed by atoms with van der Waals surface area (Å²) in [7, 11) is 0. The van der Waals surface area contributed by atoms with E-state index in [9.17, 15) is 30.3 Å². The predicted octanol–water partition coefficient (Wildman–Crippen LogP) is -1.01. The molecule has 14 heteroatoms. The van der Waals surface area contributed by atoms with Gasteiger partial charge in [0.05, 0.1) is 51.4 Å². The van der Waals surface area contributed by atoms with Crippen molar-refractivity contribution >= 4 is 22.8 Å². The number of carboxylic acids is 1. The van der Waals surface area contributed by atoms with Gasteiger partial charge >= 0.3 is 5.97 Å². The van der Waals surface area contributed by atoms with E-state index >= 15 is 0 Å². The zero-order valence-electron chi connectivity index (χ0n) is 19.6. The van der Waals surface area contributed by atoms with Crippen molar-refractivity contribution in [3.63, 3.8) is 0 Å². The van der Waals surface area contributed by atoms with Gasteiger partial charge in [-0.3, -0.25) is 4.99 Å². The fourth-order valence-corrected chi connectivity index (χ4v) is 5.23. The van der Waals surface area contributed by atoms with Gasteiger partial charge in [-0.15, -0.1) is 11.8 Å². The van der Waals surface area contributed by atoms with Crippen LogP contribution in [0.5, 0.6) is 11.5 Å². The van der Waals surface area contributed by atoms with Crippen LogP contribution in [0.3, 0.4) is 0 Å². The number of aromatic hydroxyl groups is 1. The standard InChI is InChI=1S/C22H30N2O11S/c1-22(21(29)30)10-36-19(24-22)15-13(26)6-11(7-23-15)32-4-2-31-3-5-33-20-17(28)18-16(27)12(9-34-18)14(8-25)35-20/h6-7,12,14,16-18,20,25-28H,2-5,8-10H2,1H3,(H,29,30)/t12?,14?,16-,17?,18?,20+,22+/m0/s1. The molecule has 2 bridgehead atoms. The highest BCUT2D eigenvalue weighted by Crippen LogP contribution is 2.35. The van der Waals surface area contributed by atoms with Crippen LogP contribution < -0.4 is 4.74 Å². The number of carboxylic acid groups (broad SMARTS) is 1. The molecule has 0 amide bonds. The van der Waals surface area contributed by atoms with Crippen molar-refractivity contribution in [3.8, 4) is 11.5 Å². The normalized spacial score (nSPS) is 33.8. The third kappa shape index (κ3) is 5.75. The van der Waals surface area contributed by atoms with E-state index in [0.717, 1.165) is 0 Å². The summed E-state index contributed by atoms with van der Waals surface area (Å²) >= 11 is 1.21. The molecule has 0 saturated carbocycles. The Morgan fingerprint density at radius 3 is 2.72 bits per heavy atom. The van der Waals surface area contributed by atoms with Crippen LogP contribution in [0.2, 0.25) is 0 Å². The molecule has 4 unspecified atom stereocenters. The number of aliphatic hydroxyl groups is 3. The molecule has 4 heterocycles. The number of rotatable bonds is 11. The Morgan fingerprint density at radius 1 is 1.25 bits per heavy atom. The molecule has 3 aliphatic heterocycles. The molecule has 7 atom stereocenters. The average Bonchev–Trinajstić information content (AvgIpc) is 3.41. The SMILES string of the molecule is C[C@]1(C(=O)O)CSC(c2ncc(OCCOCCO[C@@H]3OC(CO)C4COC(C3O)[C@H]4O)cc2O)=N1. The highest BCUT2D eigenvalue weighted by atomic mass is 32.2. The molecule has 0 aromatic carbocycles. The first-order valence-corrected chi connectivity index (χ1v) is 12.4. The van der Waals surface area contributed by atoms with Gasteiger partial charge in [0.25, 0.3) is 0 Å². The molecule has 13 nitrogen and oxygen atoms in total. The number of ether oxygens (including phenoxy) is 5. The minimum absolute atomic E-state index is 0.0828. The molecule has 0 aliphatic carbocycles. The highest BCUT2D eigenvalue weighted by Gasteiger charge is 2.51. The third-order valence-corrected chi connectivity index (χ3v) is 7.45. The van der Waals surface area contributed by atoms with Crippen LogP contribution in [0.25, 0.3) is 0 Å². The van der Waals surface area contributed by atoms with Crippen molar-refractivity contribution in [1.29, 1.82) is 0 Å². The molecule has 0 spiro atoms. The molecule has 1 aromatic rings. The Kier molecular flexibility index (Phi) is 8.67. The highest BCUT2D eigenvalue weighted by molar-refractivity contribution is 8.14. The summed E-state index contributed by atoms with van der Waals surface area (Å²) in [6.45, 7) is 1.97. The van der Waals surface area contributed by atoms with Crippen molar-refractivity contribution in [2.24, 2.45) is 10.9 Å². The number of thioether (sulfide) groups is 1.